The summed E-state index contributed by atoms with van der Waals surface area (Å²) < 4.78 is 5.73. The number of aliphatic hydroxyl groups excluding tert-OH is 1. The van der Waals surface area contributed by atoms with Gasteiger partial charge in [0, 0.05) is 18.7 Å². The molecule has 0 radical (unpaired) electrons. The van der Waals surface area contributed by atoms with E-state index in [1.165, 1.54) is 0 Å². The van der Waals surface area contributed by atoms with Gasteiger partial charge in [-0.05, 0) is 68.0 Å². The predicted octanol–water partition coefficient (Wildman–Crippen LogP) is 3.29. The Kier molecular flexibility index (Phi) is 6.17. The molecule has 0 bridgehead atoms. The van der Waals surface area contributed by atoms with Gasteiger partial charge in [0.25, 0.3) is 5.56 Å². The second-order valence-electron chi connectivity index (χ2n) is 7.46. The molecule has 1 heterocycles. The minimum absolute atomic E-state index is 0.104. The lowest BCUT2D eigenvalue weighted by Crippen LogP contribution is -2.32. The third-order valence-electron chi connectivity index (χ3n) is 5.05. The number of aryl methyl sites for hydroxylation is 3. The second-order valence-corrected chi connectivity index (χ2v) is 7.46. The average Bonchev–Trinajstić information content (AvgIpc) is 2.64. The second kappa shape index (κ2) is 8.59. The summed E-state index contributed by atoms with van der Waals surface area (Å²) in [4.78, 5) is 15.3. The van der Waals surface area contributed by atoms with E-state index in [1.807, 2.05) is 52.0 Å². The summed E-state index contributed by atoms with van der Waals surface area (Å²) in [7, 11) is 0. The number of aromatic amines is 1. The van der Waals surface area contributed by atoms with Crippen LogP contribution in [-0.4, -0.2) is 29.3 Å². The van der Waals surface area contributed by atoms with Crippen LogP contribution in [0.3, 0.4) is 0 Å². The molecule has 1 atom stereocenters. The van der Waals surface area contributed by atoms with Crippen LogP contribution < -0.4 is 15.6 Å². The minimum atomic E-state index is -0.663. The number of rotatable bonds is 7. The van der Waals surface area contributed by atoms with Gasteiger partial charge in [-0.1, -0.05) is 23.8 Å². The van der Waals surface area contributed by atoms with Crippen LogP contribution in [0.2, 0.25) is 0 Å². The number of aromatic nitrogens is 1. The molecular formula is C23H28N2O3. The summed E-state index contributed by atoms with van der Waals surface area (Å²) in [5.41, 5.74) is 5.89. The Morgan fingerprint density at radius 1 is 1.11 bits per heavy atom. The Morgan fingerprint density at radius 2 is 1.89 bits per heavy atom. The Balaban J connectivity index is 1.58. The van der Waals surface area contributed by atoms with Gasteiger partial charge in [-0.3, -0.25) is 4.79 Å². The molecule has 0 fully saturated rings. The highest BCUT2D eigenvalue weighted by molar-refractivity contribution is 5.82. The summed E-state index contributed by atoms with van der Waals surface area (Å²) in [5.74, 6) is 0.788. The van der Waals surface area contributed by atoms with E-state index < -0.39 is 6.10 Å². The smallest absolute Gasteiger partial charge is 0.252 e. The summed E-state index contributed by atoms with van der Waals surface area (Å²) >= 11 is 0. The average molecular weight is 380 g/mol. The third-order valence-corrected chi connectivity index (χ3v) is 5.05. The molecule has 0 spiro atoms. The minimum Gasteiger partial charge on any atom is -0.491 e. The Morgan fingerprint density at radius 3 is 2.68 bits per heavy atom. The first-order valence-corrected chi connectivity index (χ1v) is 9.56. The molecule has 0 amide bonds. The van der Waals surface area contributed by atoms with Gasteiger partial charge in [0.05, 0.1) is 5.52 Å². The van der Waals surface area contributed by atoms with E-state index in [9.17, 15) is 9.90 Å². The van der Waals surface area contributed by atoms with Crippen LogP contribution in [0.25, 0.3) is 10.9 Å². The lowest BCUT2D eigenvalue weighted by molar-refractivity contribution is 0.106. The van der Waals surface area contributed by atoms with Crippen LogP contribution in [0, 0.1) is 27.7 Å². The predicted molar refractivity (Wildman–Crippen MR) is 113 cm³/mol. The molecule has 0 unspecified atom stereocenters. The van der Waals surface area contributed by atoms with Crippen molar-refractivity contribution in [1.29, 1.82) is 0 Å². The van der Waals surface area contributed by atoms with Crippen LogP contribution in [0.1, 0.15) is 27.8 Å². The largest absolute Gasteiger partial charge is 0.491 e. The van der Waals surface area contributed by atoms with Gasteiger partial charge in [-0.2, -0.15) is 0 Å². The fourth-order valence-electron chi connectivity index (χ4n) is 3.36. The lowest BCUT2D eigenvalue weighted by Gasteiger charge is -2.15. The van der Waals surface area contributed by atoms with Gasteiger partial charge in [-0.15, -0.1) is 0 Å². The van der Waals surface area contributed by atoms with Crippen molar-refractivity contribution >= 4 is 10.9 Å². The Labute approximate surface area is 165 Å². The molecule has 28 heavy (non-hydrogen) atoms. The molecule has 5 heteroatoms. The zero-order chi connectivity index (χ0) is 20.3. The van der Waals surface area contributed by atoms with E-state index in [0.29, 0.717) is 18.7 Å². The summed E-state index contributed by atoms with van der Waals surface area (Å²) in [5, 5.41) is 14.4. The topological polar surface area (TPSA) is 74.4 Å². The molecule has 0 saturated carbocycles. The summed E-state index contributed by atoms with van der Waals surface area (Å²) in [6.45, 7) is 9.00. The number of hydrogen-bond acceptors (Lipinski definition) is 4. The molecule has 0 aliphatic rings. The number of benzene rings is 2. The molecule has 0 aliphatic carbocycles. The first-order chi connectivity index (χ1) is 13.3. The first-order valence-electron chi connectivity index (χ1n) is 9.56. The van der Waals surface area contributed by atoms with Crippen molar-refractivity contribution in [3.05, 3.63) is 74.6 Å². The van der Waals surface area contributed by atoms with Crippen molar-refractivity contribution < 1.29 is 9.84 Å². The lowest BCUT2D eigenvalue weighted by atomic mass is 10.1. The maximum absolute atomic E-state index is 12.3. The zero-order valence-corrected chi connectivity index (χ0v) is 16.9. The SMILES string of the molecule is Cc1cc(C)c2[nH]c(=O)c(CNC[C@@H](O)COc3cccc(C)c3C)cc2c1. The van der Waals surface area contributed by atoms with Crippen molar-refractivity contribution in [3.63, 3.8) is 0 Å². The number of pyridine rings is 1. The van der Waals surface area contributed by atoms with E-state index in [0.717, 1.165) is 38.9 Å². The van der Waals surface area contributed by atoms with Crippen LogP contribution in [0.4, 0.5) is 0 Å². The molecule has 2 aromatic carbocycles. The molecule has 0 aliphatic heterocycles. The van der Waals surface area contributed by atoms with Gasteiger partial charge in [-0.25, -0.2) is 0 Å². The molecule has 3 aromatic rings. The fraction of sp³-hybridized carbons (Fsp3) is 0.348. The summed E-state index contributed by atoms with van der Waals surface area (Å²) in [6, 6.07) is 11.9. The van der Waals surface area contributed by atoms with Crippen molar-refractivity contribution in [2.45, 2.75) is 40.3 Å². The van der Waals surface area contributed by atoms with Crippen LogP contribution in [-0.2, 0) is 6.54 Å². The van der Waals surface area contributed by atoms with Crippen molar-refractivity contribution in [1.82, 2.24) is 10.3 Å². The van der Waals surface area contributed by atoms with Gasteiger partial charge in [0.15, 0.2) is 0 Å². The van der Waals surface area contributed by atoms with Crippen LogP contribution >= 0.6 is 0 Å². The normalized spacial score (nSPS) is 12.3. The highest BCUT2D eigenvalue weighted by Gasteiger charge is 2.09. The van der Waals surface area contributed by atoms with Crippen molar-refractivity contribution in [3.8, 4) is 5.75 Å². The number of ether oxygens (including phenoxy) is 1. The zero-order valence-electron chi connectivity index (χ0n) is 16.9. The van der Waals surface area contributed by atoms with Gasteiger partial charge in [0.1, 0.15) is 18.5 Å². The Bertz CT molecular complexity index is 1040. The summed E-state index contributed by atoms with van der Waals surface area (Å²) in [6.07, 6.45) is -0.663. The maximum atomic E-state index is 12.3. The van der Waals surface area contributed by atoms with E-state index >= 15 is 0 Å². The number of nitrogens with one attached hydrogen (secondary N) is 2. The van der Waals surface area contributed by atoms with Gasteiger partial charge < -0.3 is 20.1 Å². The fourth-order valence-corrected chi connectivity index (χ4v) is 3.36. The Hall–Kier alpha value is -2.63. The van der Waals surface area contributed by atoms with E-state index in [1.54, 1.807) is 0 Å². The molecule has 0 saturated heterocycles. The molecule has 1 aromatic heterocycles. The number of hydrogen-bond donors (Lipinski definition) is 3. The quantitative estimate of drug-likeness (QED) is 0.588. The monoisotopic (exact) mass is 380 g/mol. The molecule has 3 rings (SSSR count). The van der Waals surface area contributed by atoms with Gasteiger partial charge >= 0.3 is 0 Å². The van der Waals surface area contributed by atoms with Crippen LogP contribution in [0.15, 0.2) is 41.2 Å². The maximum Gasteiger partial charge on any atom is 0.252 e. The van der Waals surface area contributed by atoms with Gasteiger partial charge in [0.2, 0.25) is 0 Å². The first kappa shape index (κ1) is 20.1. The van der Waals surface area contributed by atoms with E-state index in [4.69, 9.17) is 4.74 Å². The highest BCUT2D eigenvalue weighted by Crippen LogP contribution is 2.20. The molecular weight excluding hydrogens is 352 g/mol. The molecule has 3 N–H and O–H groups in total. The van der Waals surface area contributed by atoms with E-state index in [2.05, 4.69) is 22.4 Å². The number of H-pyrrole nitrogens is 1. The number of fused-ring (bicyclic) bond motifs is 1. The standard InChI is InChI=1S/C23H28N2O3/c1-14-8-16(3)22-18(9-14)10-19(23(27)25-22)11-24-12-20(26)13-28-21-7-5-6-15(2)17(21)4/h5-10,20,24,26H,11-13H2,1-4H3,(H,25,27)/t20-/m1/s1. The van der Waals surface area contributed by atoms with Crippen molar-refractivity contribution in [2.24, 2.45) is 0 Å². The van der Waals surface area contributed by atoms with Crippen LogP contribution in [0.5, 0.6) is 5.75 Å². The van der Waals surface area contributed by atoms with E-state index in [-0.39, 0.29) is 12.2 Å². The molecule has 148 valence electrons. The molecule has 5 nitrogen and oxygen atoms in total. The van der Waals surface area contributed by atoms with Crippen molar-refractivity contribution in [2.75, 3.05) is 13.2 Å². The number of aliphatic hydroxyl groups is 1. The third kappa shape index (κ3) is 4.61. The highest BCUT2D eigenvalue weighted by atomic mass is 16.5.